The van der Waals surface area contributed by atoms with E-state index in [-0.39, 0.29) is 0 Å². The fraction of sp³-hybridized carbons (Fsp3) is 0.286. The highest BCUT2D eigenvalue weighted by Gasteiger charge is 2.10. The Bertz CT molecular complexity index is 484. The molecule has 0 aliphatic heterocycles. The van der Waals surface area contributed by atoms with Crippen molar-refractivity contribution in [3.63, 3.8) is 0 Å². The van der Waals surface area contributed by atoms with E-state index in [1.54, 1.807) is 6.20 Å². The lowest BCUT2D eigenvalue weighted by atomic mass is 10.2. The van der Waals surface area contributed by atoms with Crippen molar-refractivity contribution in [1.82, 2.24) is 10.2 Å². The maximum atomic E-state index is 5.60. The SMILES string of the molecule is Cc1cccc(N(CCCN)c2cccnn2)c1. The smallest absolute Gasteiger partial charge is 0.155 e. The van der Waals surface area contributed by atoms with Crippen LogP contribution in [0.5, 0.6) is 0 Å². The van der Waals surface area contributed by atoms with Crippen molar-refractivity contribution >= 4 is 11.5 Å². The molecule has 0 atom stereocenters. The lowest BCUT2D eigenvalue weighted by molar-refractivity contribution is 0.801. The molecule has 4 heteroatoms. The Balaban J connectivity index is 2.31. The van der Waals surface area contributed by atoms with Crippen molar-refractivity contribution in [2.24, 2.45) is 5.73 Å². The van der Waals surface area contributed by atoms with Gasteiger partial charge in [0.15, 0.2) is 5.82 Å². The number of benzene rings is 1. The van der Waals surface area contributed by atoms with Crippen molar-refractivity contribution in [3.05, 3.63) is 48.2 Å². The summed E-state index contributed by atoms with van der Waals surface area (Å²) in [4.78, 5) is 2.15. The number of anilines is 2. The van der Waals surface area contributed by atoms with Gasteiger partial charge in [0.25, 0.3) is 0 Å². The van der Waals surface area contributed by atoms with Gasteiger partial charge in [-0.2, -0.15) is 5.10 Å². The molecule has 0 aliphatic carbocycles. The van der Waals surface area contributed by atoms with Gasteiger partial charge >= 0.3 is 0 Å². The topological polar surface area (TPSA) is 55.0 Å². The van der Waals surface area contributed by atoms with Gasteiger partial charge in [0.1, 0.15) is 0 Å². The third-order valence-corrected chi connectivity index (χ3v) is 2.73. The number of aryl methyl sites for hydroxylation is 1. The predicted octanol–water partition coefficient (Wildman–Crippen LogP) is 2.27. The minimum atomic E-state index is 0.669. The second-order valence-electron chi connectivity index (χ2n) is 4.21. The van der Waals surface area contributed by atoms with Crippen molar-refractivity contribution in [3.8, 4) is 0 Å². The summed E-state index contributed by atoms with van der Waals surface area (Å²) in [5.74, 6) is 0.858. The molecule has 0 aliphatic rings. The third kappa shape index (κ3) is 3.05. The minimum absolute atomic E-state index is 0.669. The zero-order chi connectivity index (χ0) is 12.8. The first-order valence-corrected chi connectivity index (χ1v) is 6.13. The average molecular weight is 242 g/mol. The largest absolute Gasteiger partial charge is 0.330 e. The zero-order valence-electron chi connectivity index (χ0n) is 10.6. The summed E-state index contributed by atoms with van der Waals surface area (Å²) >= 11 is 0. The van der Waals surface area contributed by atoms with Crippen LogP contribution < -0.4 is 10.6 Å². The molecule has 1 aromatic carbocycles. The van der Waals surface area contributed by atoms with E-state index in [0.29, 0.717) is 6.54 Å². The number of nitrogens with two attached hydrogens (primary N) is 1. The molecular formula is C14H18N4. The van der Waals surface area contributed by atoms with E-state index in [4.69, 9.17) is 5.73 Å². The highest BCUT2D eigenvalue weighted by atomic mass is 15.3. The first-order chi connectivity index (χ1) is 8.81. The molecule has 1 heterocycles. The number of nitrogens with zero attached hydrogens (tertiary/aromatic N) is 3. The van der Waals surface area contributed by atoms with Crippen LogP contribution in [0.4, 0.5) is 11.5 Å². The van der Waals surface area contributed by atoms with Gasteiger partial charge in [0, 0.05) is 18.4 Å². The Morgan fingerprint density at radius 3 is 2.78 bits per heavy atom. The Labute approximate surface area is 107 Å². The molecule has 18 heavy (non-hydrogen) atoms. The Morgan fingerprint density at radius 1 is 1.22 bits per heavy atom. The first-order valence-electron chi connectivity index (χ1n) is 6.13. The molecule has 1 aromatic heterocycles. The number of aromatic nitrogens is 2. The lowest BCUT2D eigenvalue weighted by Gasteiger charge is -2.23. The highest BCUT2D eigenvalue weighted by Crippen LogP contribution is 2.23. The molecule has 0 unspecified atom stereocenters. The van der Waals surface area contributed by atoms with Crippen molar-refractivity contribution in [1.29, 1.82) is 0 Å². The van der Waals surface area contributed by atoms with Gasteiger partial charge in [-0.25, -0.2) is 0 Å². The summed E-state index contributed by atoms with van der Waals surface area (Å²) in [5.41, 5.74) is 7.96. The second-order valence-corrected chi connectivity index (χ2v) is 4.21. The van der Waals surface area contributed by atoms with E-state index in [9.17, 15) is 0 Å². The number of hydrogen-bond donors (Lipinski definition) is 1. The monoisotopic (exact) mass is 242 g/mol. The van der Waals surface area contributed by atoms with Crippen LogP contribution in [0.25, 0.3) is 0 Å². The van der Waals surface area contributed by atoms with Crippen LogP contribution in [-0.4, -0.2) is 23.3 Å². The van der Waals surface area contributed by atoms with E-state index in [0.717, 1.165) is 24.5 Å². The van der Waals surface area contributed by atoms with Gasteiger partial charge in [-0.05, 0) is 49.7 Å². The van der Waals surface area contributed by atoms with Crippen LogP contribution in [-0.2, 0) is 0 Å². The Kier molecular flexibility index (Phi) is 4.25. The van der Waals surface area contributed by atoms with Crippen molar-refractivity contribution in [2.45, 2.75) is 13.3 Å². The van der Waals surface area contributed by atoms with Crippen LogP contribution in [0, 0.1) is 6.92 Å². The fourth-order valence-corrected chi connectivity index (χ4v) is 1.86. The van der Waals surface area contributed by atoms with E-state index < -0.39 is 0 Å². The molecule has 0 radical (unpaired) electrons. The van der Waals surface area contributed by atoms with Crippen LogP contribution in [0.15, 0.2) is 42.6 Å². The maximum Gasteiger partial charge on any atom is 0.155 e. The first kappa shape index (κ1) is 12.5. The summed E-state index contributed by atoms with van der Waals surface area (Å²) in [7, 11) is 0. The zero-order valence-corrected chi connectivity index (χ0v) is 10.6. The molecule has 94 valence electrons. The summed E-state index contributed by atoms with van der Waals surface area (Å²) < 4.78 is 0. The van der Waals surface area contributed by atoms with E-state index in [2.05, 4.69) is 46.3 Å². The molecule has 0 bridgehead atoms. The summed E-state index contributed by atoms with van der Waals surface area (Å²) in [6.45, 7) is 3.60. The molecule has 0 saturated heterocycles. The van der Waals surface area contributed by atoms with Gasteiger partial charge in [0.2, 0.25) is 0 Å². The van der Waals surface area contributed by atoms with Crippen LogP contribution in [0.1, 0.15) is 12.0 Å². The summed E-state index contributed by atoms with van der Waals surface area (Å²) in [5, 5.41) is 8.11. The van der Waals surface area contributed by atoms with E-state index >= 15 is 0 Å². The molecule has 2 aromatic rings. The Hall–Kier alpha value is -1.94. The molecule has 4 nitrogen and oxygen atoms in total. The predicted molar refractivity (Wildman–Crippen MR) is 73.9 cm³/mol. The van der Waals surface area contributed by atoms with Gasteiger partial charge in [-0.3, -0.25) is 0 Å². The minimum Gasteiger partial charge on any atom is -0.330 e. The van der Waals surface area contributed by atoms with Gasteiger partial charge in [0.05, 0.1) is 0 Å². The molecule has 2 rings (SSSR count). The average Bonchev–Trinajstić information content (AvgIpc) is 2.40. The van der Waals surface area contributed by atoms with Gasteiger partial charge in [-0.15, -0.1) is 5.10 Å². The van der Waals surface area contributed by atoms with Crippen molar-refractivity contribution in [2.75, 3.05) is 18.0 Å². The van der Waals surface area contributed by atoms with Crippen molar-refractivity contribution < 1.29 is 0 Å². The normalized spacial score (nSPS) is 10.3. The maximum absolute atomic E-state index is 5.60. The molecule has 2 N–H and O–H groups in total. The van der Waals surface area contributed by atoms with Crippen LogP contribution in [0.3, 0.4) is 0 Å². The molecule has 0 amide bonds. The molecule has 0 fully saturated rings. The van der Waals surface area contributed by atoms with Gasteiger partial charge < -0.3 is 10.6 Å². The second kappa shape index (κ2) is 6.12. The van der Waals surface area contributed by atoms with Crippen LogP contribution in [0.2, 0.25) is 0 Å². The fourth-order valence-electron chi connectivity index (χ4n) is 1.86. The van der Waals surface area contributed by atoms with Gasteiger partial charge in [-0.1, -0.05) is 12.1 Å². The quantitative estimate of drug-likeness (QED) is 0.874. The third-order valence-electron chi connectivity index (χ3n) is 2.73. The lowest BCUT2D eigenvalue weighted by Crippen LogP contribution is -2.22. The Morgan fingerprint density at radius 2 is 2.11 bits per heavy atom. The molecular weight excluding hydrogens is 224 g/mol. The molecule has 0 saturated carbocycles. The summed E-state index contributed by atoms with van der Waals surface area (Å²) in [6.07, 6.45) is 2.60. The standard InChI is InChI=1S/C14H18N4/c1-12-5-2-6-13(11-12)18(10-4-8-15)14-7-3-9-16-17-14/h2-3,5-7,9,11H,4,8,10,15H2,1H3. The highest BCUT2D eigenvalue weighted by molar-refractivity contribution is 5.60. The molecule has 0 spiro atoms. The summed E-state index contributed by atoms with van der Waals surface area (Å²) in [6, 6.07) is 12.2. The number of hydrogen-bond acceptors (Lipinski definition) is 4. The van der Waals surface area contributed by atoms with E-state index in [1.807, 2.05) is 12.1 Å². The van der Waals surface area contributed by atoms with E-state index in [1.165, 1.54) is 5.56 Å². The number of rotatable bonds is 5. The van der Waals surface area contributed by atoms with Crippen LogP contribution >= 0.6 is 0 Å².